The van der Waals surface area contributed by atoms with E-state index < -0.39 is 9.28 Å². The molecule has 0 aliphatic carbocycles. The van der Waals surface area contributed by atoms with Gasteiger partial charge in [-0.2, -0.15) is 0 Å². The summed E-state index contributed by atoms with van der Waals surface area (Å²) in [4.78, 5) is 0. The van der Waals surface area contributed by atoms with Crippen LogP contribution in [0.15, 0.2) is 0 Å². The summed E-state index contributed by atoms with van der Waals surface area (Å²) in [6.45, 7) is 12.4. The van der Waals surface area contributed by atoms with Crippen LogP contribution in [0.1, 0.15) is 41.0 Å². The lowest BCUT2D eigenvalue weighted by Gasteiger charge is -2.22. The van der Waals surface area contributed by atoms with Gasteiger partial charge in [-0.25, -0.2) is 0 Å². The Kier molecular flexibility index (Phi) is 7.61. The van der Waals surface area contributed by atoms with Crippen LogP contribution in [0, 0.1) is 5.92 Å². The molecule has 0 rings (SSSR count). The van der Waals surface area contributed by atoms with Crippen LogP contribution in [0.25, 0.3) is 0 Å². The number of hydrogen-bond acceptors (Lipinski definition) is 2. The minimum atomic E-state index is -1.38. The Morgan fingerprint density at radius 3 is 1.77 bits per heavy atom. The zero-order valence-electron chi connectivity index (χ0n) is 9.67. The molecule has 0 aromatic carbocycles. The first-order valence-corrected chi connectivity index (χ1v) is 6.95. The quantitative estimate of drug-likeness (QED) is 0.594. The van der Waals surface area contributed by atoms with Crippen LogP contribution in [0.4, 0.5) is 0 Å². The Labute approximate surface area is 84.5 Å². The summed E-state index contributed by atoms with van der Waals surface area (Å²) in [7, 11) is -1.38. The van der Waals surface area contributed by atoms with E-state index in [9.17, 15) is 0 Å². The summed E-state index contributed by atoms with van der Waals surface area (Å²) in [6, 6.07) is 0. The Bertz CT molecular complexity index is 111. The second-order valence-electron chi connectivity index (χ2n) is 3.89. The largest absolute Gasteiger partial charge is 0.397 e. The summed E-state index contributed by atoms with van der Waals surface area (Å²) in [5, 5.41) is 0. The van der Waals surface area contributed by atoms with Crippen LogP contribution in [0.5, 0.6) is 0 Å². The lowest BCUT2D eigenvalue weighted by molar-refractivity contribution is 0.201. The maximum atomic E-state index is 5.66. The van der Waals surface area contributed by atoms with Crippen LogP contribution in [0.2, 0.25) is 5.54 Å². The molecule has 0 aromatic heterocycles. The SMILES string of the molecule is CCO[SiH](OCC)C(C)CC(C)C. The van der Waals surface area contributed by atoms with Gasteiger partial charge in [0.1, 0.15) is 0 Å². The predicted molar refractivity (Wildman–Crippen MR) is 59.3 cm³/mol. The first-order chi connectivity index (χ1) is 6.11. The molecule has 0 aliphatic heterocycles. The summed E-state index contributed by atoms with van der Waals surface area (Å²) < 4.78 is 11.3. The highest BCUT2D eigenvalue weighted by Crippen LogP contribution is 2.21. The van der Waals surface area contributed by atoms with Crippen molar-refractivity contribution in [2.24, 2.45) is 5.92 Å². The first-order valence-electron chi connectivity index (χ1n) is 5.34. The van der Waals surface area contributed by atoms with Crippen molar-refractivity contribution in [3.8, 4) is 0 Å². The van der Waals surface area contributed by atoms with Gasteiger partial charge in [0.15, 0.2) is 0 Å². The zero-order valence-corrected chi connectivity index (χ0v) is 10.8. The Morgan fingerprint density at radius 1 is 1.00 bits per heavy atom. The summed E-state index contributed by atoms with van der Waals surface area (Å²) in [5.41, 5.74) is 0.625. The molecule has 0 radical (unpaired) electrons. The van der Waals surface area contributed by atoms with Gasteiger partial charge in [0, 0.05) is 13.2 Å². The molecule has 0 aromatic rings. The van der Waals surface area contributed by atoms with E-state index in [-0.39, 0.29) is 0 Å². The van der Waals surface area contributed by atoms with Crippen molar-refractivity contribution in [1.29, 1.82) is 0 Å². The van der Waals surface area contributed by atoms with Crippen molar-refractivity contribution in [2.75, 3.05) is 13.2 Å². The number of hydrogen-bond donors (Lipinski definition) is 0. The normalized spacial score (nSPS) is 14.1. The van der Waals surface area contributed by atoms with E-state index in [4.69, 9.17) is 8.85 Å². The average molecular weight is 204 g/mol. The molecule has 0 heterocycles. The van der Waals surface area contributed by atoms with E-state index in [1.807, 2.05) is 13.8 Å². The first kappa shape index (κ1) is 13.1. The van der Waals surface area contributed by atoms with Crippen LogP contribution in [-0.2, 0) is 8.85 Å². The van der Waals surface area contributed by atoms with Crippen molar-refractivity contribution in [3.63, 3.8) is 0 Å². The van der Waals surface area contributed by atoms with Crippen molar-refractivity contribution < 1.29 is 8.85 Å². The zero-order chi connectivity index (χ0) is 10.3. The van der Waals surface area contributed by atoms with E-state index in [1.54, 1.807) is 0 Å². The van der Waals surface area contributed by atoms with Gasteiger partial charge in [0.2, 0.25) is 0 Å². The fourth-order valence-corrected chi connectivity index (χ4v) is 3.74. The molecule has 1 unspecified atom stereocenters. The topological polar surface area (TPSA) is 18.5 Å². The second kappa shape index (κ2) is 7.53. The molecule has 3 heteroatoms. The third-order valence-corrected chi connectivity index (χ3v) is 4.49. The van der Waals surface area contributed by atoms with Crippen molar-refractivity contribution in [3.05, 3.63) is 0 Å². The molecule has 0 bridgehead atoms. The molecular formula is C10H24O2Si. The van der Waals surface area contributed by atoms with Crippen LogP contribution < -0.4 is 0 Å². The molecule has 0 amide bonds. The van der Waals surface area contributed by atoms with Gasteiger partial charge in [0.25, 0.3) is 0 Å². The third kappa shape index (κ3) is 6.24. The lowest BCUT2D eigenvalue weighted by Crippen LogP contribution is -2.28. The van der Waals surface area contributed by atoms with Gasteiger partial charge < -0.3 is 8.85 Å². The molecule has 1 atom stereocenters. The molecule has 2 nitrogen and oxygen atoms in total. The van der Waals surface area contributed by atoms with E-state index in [2.05, 4.69) is 20.8 Å². The molecule has 0 N–H and O–H groups in total. The maximum absolute atomic E-state index is 5.66. The predicted octanol–water partition coefficient (Wildman–Crippen LogP) is 2.72. The van der Waals surface area contributed by atoms with Crippen molar-refractivity contribution >= 4 is 9.28 Å². The highest BCUT2D eigenvalue weighted by Gasteiger charge is 2.21. The van der Waals surface area contributed by atoms with E-state index in [0.29, 0.717) is 5.54 Å². The van der Waals surface area contributed by atoms with Gasteiger partial charge >= 0.3 is 9.28 Å². The monoisotopic (exact) mass is 204 g/mol. The van der Waals surface area contributed by atoms with Gasteiger partial charge in [-0.05, 0) is 31.7 Å². The molecule has 0 aliphatic rings. The molecule has 80 valence electrons. The molecule has 0 saturated heterocycles. The minimum absolute atomic E-state index is 0.625. The number of rotatable bonds is 7. The summed E-state index contributed by atoms with van der Waals surface area (Å²) >= 11 is 0. The van der Waals surface area contributed by atoms with Gasteiger partial charge in [-0.3, -0.25) is 0 Å². The summed E-state index contributed by atoms with van der Waals surface area (Å²) in [5.74, 6) is 0.742. The molecule has 13 heavy (non-hydrogen) atoms. The highest BCUT2D eigenvalue weighted by molar-refractivity contribution is 6.46. The standard InChI is InChI=1S/C10H24O2Si/c1-6-11-13(12-7-2)10(5)8-9(3)4/h9-10,13H,6-8H2,1-5H3. The fraction of sp³-hybridized carbons (Fsp3) is 1.00. The van der Waals surface area contributed by atoms with E-state index in [0.717, 1.165) is 19.1 Å². The van der Waals surface area contributed by atoms with E-state index >= 15 is 0 Å². The molecule has 0 saturated carbocycles. The maximum Gasteiger partial charge on any atom is 0.324 e. The second-order valence-corrected chi connectivity index (χ2v) is 6.43. The van der Waals surface area contributed by atoms with E-state index in [1.165, 1.54) is 6.42 Å². The Balaban J connectivity index is 3.86. The molecule has 0 spiro atoms. The molecule has 0 fully saturated rings. The fourth-order valence-electron chi connectivity index (χ4n) is 1.56. The van der Waals surface area contributed by atoms with Crippen LogP contribution >= 0.6 is 0 Å². The average Bonchev–Trinajstić information content (AvgIpc) is 2.02. The highest BCUT2D eigenvalue weighted by atomic mass is 28.3. The third-order valence-electron chi connectivity index (χ3n) is 1.97. The van der Waals surface area contributed by atoms with Gasteiger partial charge in [0.05, 0.1) is 0 Å². The van der Waals surface area contributed by atoms with Crippen molar-refractivity contribution in [1.82, 2.24) is 0 Å². The Morgan fingerprint density at radius 2 is 1.46 bits per heavy atom. The van der Waals surface area contributed by atoms with Gasteiger partial charge in [-0.1, -0.05) is 20.8 Å². The lowest BCUT2D eigenvalue weighted by atomic mass is 10.1. The summed E-state index contributed by atoms with van der Waals surface area (Å²) in [6.07, 6.45) is 1.22. The minimum Gasteiger partial charge on any atom is -0.397 e. The van der Waals surface area contributed by atoms with Gasteiger partial charge in [-0.15, -0.1) is 0 Å². The van der Waals surface area contributed by atoms with Crippen molar-refractivity contribution in [2.45, 2.75) is 46.6 Å². The van der Waals surface area contributed by atoms with Crippen LogP contribution in [0.3, 0.4) is 0 Å². The molecular weight excluding hydrogens is 180 g/mol. The Hall–Kier alpha value is 0.137. The van der Waals surface area contributed by atoms with Crippen LogP contribution in [-0.4, -0.2) is 22.5 Å². The smallest absolute Gasteiger partial charge is 0.324 e.